The highest BCUT2D eigenvalue weighted by Gasteiger charge is 2.40. The maximum absolute atomic E-state index is 13.7. The van der Waals surface area contributed by atoms with Crippen LogP contribution in [0, 0.1) is 3.57 Å². The minimum absolute atomic E-state index is 0.193. The van der Waals surface area contributed by atoms with Crippen LogP contribution in [0.15, 0.2) is 12.3 Å². The molecule has 0 aromatic carbocycles. The molecule has 0 unspecified atom stereocenters. The van der Waals surface area contributed by atoms with E-state index in [1.165, 1.54) is 4.90 Å². The van der Waals surface area contributed by atoms with E-state index in [1.807, 2.05) is 0 Å². The molecule has 0 radical (unpaired) electrons. The van der Waals surface area contributed by atoms with Gasteiger partial charge < -0.3 is 19.9 Å². The zero-order chi connectivity index (χ0) is 18.5. The van der Waals surface area contributed by atoms with Crippen LogP contribution in [0.5, 0.6) is 0 Å². The lowest BCUT2D eigenvalue weighted by Crippen LogP contribution is -2.34. The van der Waals surface area contributed by atoms with Gasteiger partial charge in [0.2, 0.25) is 0 Å². The summed E-state index contributed by atoms with van der Waals surface area (Å²) in [5.41, 5.74) is 2.24. The third kappa shape index (κ3) is 3.10. The number of pyridine rings is 1. The third-order valence-electron chi connectivity index (χ3n) is 4.69. The Morgan fingerprint density at radius 3 is 2.88 bits per heavy atom. The first-order valence-electron chi connectivity index (χ1n) is 8.17. The number of carboxylic acid groups (broad SMARTS) is 1. The van der Waals surface area contributed by atoms with Gasteiger partial charge in [-0.25, -0.2) is 23.5 Å². The van der Waals surface area contributed by atoms with Gasteiger partial charge in [0.15, 0.2) is 0 Å². The molecule has 7 nitrogen and oxygen atoms in total. The molecular weight excluding hydrogens is 459 g/mol. The molecule has 1 amide bonds. The molecule has 1 saturated heterocycles. The number of fused-ring (bicyclic) bond motifs is 1. The van der Waals surface area contributed by atoms with Crippen LogP contribution in [0.1, 0.15) is 17.8 Å². The molecule has 0 atom stereocenters. The van der Waals surface area contributed by atoms with Crippen molar-refractivity contribution in [1.82, 2.24) is 19.9 Å². The highest BCUT2D eigenvalue weighted by atomic mass is 127. The SMILES string of the molecule is O=C(O)N1CCc2nc(-c3c(I)ccnc3N3CCC(F)(F)C3)[nH]c2C1. The molecule has 10 heteroatoms. The van der Waals surface area contributed by atoms with Crippen molar-refractivity contribution in [1.29, 1.82) is 0 Å². The van der Waals surface area contributed by atoms with Gasteiger partial charge in [-0.3, -0.25) is 0 Å². The summed E-state index contributed by atoms with van der Waals surface area (Å²) in [4.78, 5) is 26.2. The van der Waals surface area contributed by atoms with Crippen molar-refractivity contribution in [3.05, 3.63) is 27.2 Å². The fourth-order valence-corrected chi connectivity index (χ4v) is 4.04. The number of nitrogens with one attached hydrogen (secondary N) is 1. The number of halogens is 3. The van der Waals surface area contributed by atoms with E-state index in [-0.39, 0.29) is 26.1 Å². The summed E-state index contributed by atoms with van der Waals surface area (Å²) in [6.45, 7) is 0.508. The van der Waals surface area contributed by atoms with Crippen LogP contribution in [0.2, 0.25) is 0 Å². The van der Waals surface area contributed by atoms with Crippen LogP contribution in [0.25, 0.3) is 11.4 Å². The Labute approximate surface area is 161 Å². The molecule has 0 spiro atoms. The van der Waals surface area contributed by atoms with Crippen LogP contribution in [-0.4, -0.2) is 56.6 Å². The Bertz CT molecular complexity index is 872. The molecule has 2 aromatic heterocycles. The predicted molar refractivity (Wildman–Crippen MR) is 98.5 cm³/mol. The first kappa shape index (κ1) is 17.4. The van der Waals surface area contributed by atoms with Gasteiger partial charge in [-0.05, 0) is 28.7 Å². The number of amides is 1. The van der Waals surface area contributed by atoms with Gasteiger partial charge in [0.1, 0.15) is 11.6 Å². The standard InChI is InChI=1S/C16H16F2IN5O2/c17-16(18)3-6-24(8-16)14-12(9(19)1-4-20-14)13-21-10-2-5-23(15(25)26)7-11(10)22-13/h1,4H,2-3,5-8H2,(H,21,22)(H,25,26). The fourth-order valence-electron chi connectivity index (χ4n) is 3.38. The number of H-pyrrole nitrogens is 1. The van der Waals surface area contributed by atoms with Crippen molar-refractivity contribution >= 4 is 34.5 Å². The summed E-state index contributed by atoms with van der Waals surface area (Å²) in [6.07, 6.45) is 0.961. The lowest BCUT2D eigenvalue weighted by atomic mass is 10.1. The molecule has 0 saturated carbocycles. The van der Waals surface area contributed by atoms with Crippen LogP contribution >= 0.6 is 22.6 Å². The number of anilines is 1. The predicted octanol–water partition coefficient (Wildman–Crippen LogP) is 2.96. The second-order valence-electron chi connectivity index (χ2n) is 6.48. The monoisotopic (exact) mass is 475 g/mol. The van der Waals surface area contributed by atoms with Gasteiger partial charge in [0.25, 0.3) is 5.92 Å². The van der Waals surface area contributed by atoms with E-state index < -0.39 is 12.0 Å². The Morgan fingerprint density at radius 1 is 1.38 bits per heavy atom. The Kier molecular flexibility index (Phi) is 4.24. The second-order valence-corrected chi connectivity index (χ2v) is 7.65. The Balaban J connectivity index is 1.72. The number of hydrogen-bond acceptors (Lipinski definition) is 4. The average Bonchev–Trinajstić information content (AvgIpc) is 3.16. The lowest BCUT2D eigenvalue weighted by molar-refractivity contribution is 0.0256. The number of alkyl halides is 2. The molecule has 2 aliphatic heterocycles. The molecule has 138 valence electrons. The summed E-state index contributed by atoms with van der Waals surface area (Å²) in [7, 11) is 0. The zero-order valence-electron chi connectivity index (χ0n) is 13.7. The summed E-state index contributed by atoms with van der Waals surface area (Å²) in [5, 5.41) is 9.17. The van der Waals surface area contributed by atoms with E-state index in [9.17, 15) is 18.7 Å². The van der Waals surface area contributed by atoms with E-state index in [2.05, 4.69) is 37.5 Å². The maximum Gasteiger partial charge on any atom is 0.407 e. The quantitative estimate of drug-likeness (QED) is 0.653. The Hall–Kier alpha value is -1.98. The van der Waals surface area contributed by atoms with Crippen molar-refractivity contribution in [3.63, 3.8) is 0 Å². The van der Waals surface area contributed by atoms with E-state index in [0.717, 1.165) is 15.0 Å². The minimum atomic E-state index is -2.72. The van der Waals surface area contributed by atoms with Gasteiger partial charge >= 0.3 is 6.09 Å². The summed E-state index contributed by atoms with van der Waals surface area (Å²) >= 11 is 2.14. The van der Waals surface area contributed by atoms with Gasteiger partial charge in [0, 0.05) is 35.7 Å². The van der Waals surface area contributed by atoms with Crippen LogP contribution < -0.4 is 4.90 Å². The molecule has 0 aliphatic carbocycles. The molecule has 2 N–H and O–H groups in total. The highest BCUT2D eigenvalue weighted by Crippen LogP contribution is 2.37. The molecule has 0 bridgehead atoms. The van der Waals surface area contributed by atoms with Crippen LogP contribution in [0.3, 0.4) is 0 Å². The summed E-state index contributed by atoms with van der Waals surface area (Å²) in [5.74, 6) is -1.69. The van der Waals surface area contributed by atoms with Gasteiger partial charge in [-0.1, -0.05) is 0 Å². The minimum Gasteiger partial charge on any atom is -0.465 e. The molecule has 4 rings (SSSR count). The van der Waals surface area contributed by atoms with Crippen molar-refractivity contribution < 1.29 is 18.7 Å². The Morgan fingerprint density at radius 2 is 2.19 bits per heavy atom. The topological polar surface area (TPSA) is 85.3 Å². The zero-order valence-corrected chi connectivity index (χ0v) is 15.8. The number of rotatable bonds is 2. The highest BCUT2D eigenvalue weighted by molar-refractivity contribution is 14.1. The molecule has 2 aromatic rings. The second kappa shape index (κ2) is 6.32. The number of nitrogens with zero attached hydrogens (tertiary/aromatic N) is 4. The lowest BCUT2D eigenvalue weighted by Gasteiger charge is -2.22. The number of aromatic nitrogens is 3. The molecule has 26 heavy (non-hydrogen) atoms. The van der Waals surface area contributed by atoms with Gasteiger partial charge in [-0.2, -0.15) is 0 Å². The molecule has 2 aliphatic rings. The molecule has 1 fully saturated rings. The van der Waals surface area contributed by atoms with Crippen LogP contribution in [0.4, 0.5) is 19.4 Å². The first-order valence-corrected chi connectivity index (χ1v) is 9.25. The van der Waals surface area contributed by atoms with Crippen LogP contribution in [-0.2, 0) is 13.0 Å². The number of aromatic amines is 1. The summed E-state index contributed by atoms with van der Waals surface area (Å²) in [6, 6.07) is 1.80. The van der Waals surface area contributed by atoms with Crippen molar-refractivity contribution in [2.45, 2.75) is 25.3 Å². The van der Waals surface area contributed by atoms with Crippen molar-refractivity contribution in [2.24, 2.45) is 0 Å². The van der Waals surface area contributed by atoms with Gasteiger partial charge in [0.05, 0.1) is 30.0 Å². The van der Waals surface area contributed by atoms with Gasteiger partial charge in [-0.15, -0.1) is 0 Å². The smallest absolute Gasteiger partial charge is 0.407 e. The number of hydrogen-bond donors (Lipinski definition) is 2. The third-order valence-corrected chi connectivity index (χ3v) is 5.59. The van der Waals surface area contributed by atoms with E-state index in [1.54, 1.807) is 17.2 Å². The normalized spacial score (nSPS) is 18.9. The van der Waals surface area contributed by atoms with E-state index >= 15 is 0 Å². The summed E-state index contributed by atoms with van der Waals surface area (Å²) < 4.78 is 28.2. The average molecular weight is 475 g/mol. The van der Waals surface area contributed by atoms with E-state index in [4.69, 9.17) is 0 Å². The first-order chi connectivity index (χ1) is 12.3. The largest absolute Gasteiger partial charge is 0.465 e. The molecule has 4 heterocycles. The van der Waals surface area contributed by atoms with Crippen molar-refractivity contribution in [3.8, 4) is 11.4 Å². The van der Waals surface area contributed by atoms with E-state index in [0.29, 0.717) is 30.2 Å². The van der Waals surface area contributed by atoms with Crippen molar-refractivity contribution in [2.75, 3.05) is 24.5 Å². The number of carbonyl (C=O) groups is 1. The maximum atomic E-state index is 13.7. The molecular formula is C16H16F2IN5O2. The number of imidazole rings is 1. The fraction of sp³-hybridized carbons (Fsp3) is 0.438.